The molecule has 1 aromatic carbocycles. The van der Waals surface area contributed by atoms with Gasteiger partial charge < -0.3 is 4.74 Å². The van der Waals surface area contributed by atoms with Crippen molar-refractivity contribution < 1.29 is 22.7 Å². The van der Waals surface area contributed by atoms with Gasteiger partial charge in [0.2, 0.25) is 0 Å². The van der Waals surface area contributed by atoms with Gasteiger partial charge in [0.05, 0.1) is 24.3 Å². The van der Waals surface area contributed by atoms with Crippen LogP contribution in [0.2, 0.25) is 0 Å². The van der Waals surface area contributed by atoms with E-state index in [0.717, 1.165) is 12.1 Å². The molecular weight excluding hydrogens is 303 g/mol. The lowest BCUT2D eigenvalue weighted by molar-refractivity contribution is -0.142. The fourth-order valence-corrected chi connectivity index (χ4v) is 2.51. The van der Waals surface area contributed by atoms with E-state index in [1.807, 2.05) is 0 Å². The van der Waals surface area contributed by atoms with Gasteiger partial charge in [-0.15, -0.1) is 11.3 Å². The Kier molecular flexibility index (Phi) is 4.62. The molecule has 2 aromatic rings. The van der Waals surface area contributed by atoms with E-state index in [-0.39, 0.29) is 12.4 Å². The van der Waals surface area contributed by atoms with Gasteiger partial charge in [-0.3, -0.25) is 4.79 Å². The molecule has 0 bridgehead atoms. The summed E-state index contributed by atoms with van der Waals surface area (Å²) in [6.45, 7) is 2.02. The molecule has 0 radical (unpaired) electrons. The predicted molar refractivity (Wildman–Crippen MR) is 72.9 cm³/mol. The lowest BCUT2D eigenvalue weighted by Crippen LogP contribution is -2.07. The Morgan fingerprint density at radius 2 is 1.95 bits per heavy atom. The van der Waals surface area contributed by atoms with Crippen molar-refractivity contribution in [1.29, 1.82) is 0 Å². The zero-order valence-electron chi connectivity index (χ0n) is 11.1. The van der Waals surface area contributed by atoms with E-state index < -0.39 is 11.7 Å². The number of esters is 1. The fraction of sp³-hybridized carbons (Fsp3) is 0.286. The molecule has 112 valence electrons. The van der Waals surface area contributed by atoms with Crippen molar-refractivity contribution in [2.75, 3.05) is 6.61 Å². The zero-order chi connectivity index (χ0) is 15.5. The number of aromatic nitrogens is 1. The van der Waals surface area contributed by atoms with Crippen LogP contribution in [0.25, 0.3) is 10.6 Å². The smallest absolute Gasteiger partial charge is 0.416 e. The molecule has 7 heteroatoms. The Bertz CT molecular complexity index is 620. The average Bonchev–Trinajstić information content (AvgIpc) is 2.86. The van der Waals surface area contributed by atoms with Gasteiger partial charge >= 0.3 is 12.1 Å². The van der Waals surface area contributed by atoms with Crippen LogP contribution in [0.15, 0.2) is 29.6 Å². The number of hydrogen-bond donors (Lipinski definition) is 0. The van der Waals surface area contributed by atoms with Gasteiger partial charge in [0.25, 0.3) is 0 Å². The third kappa shape index (κ3) is 4.04. The number of carbonyl (C=O) groups excluding carboxylic acids is 1. The number of rotatable bonds is 4. The van der Waals surface area contributed by atoms with E-state index >= 15 is 0 Å². The molecule has 3 nitrogen and oxygen atoms in total. The van der Waals surface area contributed by atoms with Crippen LogP contribution in [0.5, 0.6) is 0 Å². The van der Waals surface area contributed by atoms with Crippen LogP contribution in [0.1, 0.15) is 18.2 Å². The molecule has 1 aromatic heterocycles. The molecule has 0 N–H and O–H groups in total. The Balaban J connectivity index is 2.12. The van der Waals surface area contributed by atoms with Crippen LogP contribution >= 0.6 is 11.3 Å². The maximum absolute atomic E-state index is 12.5. The number of alkyl halides is 3. The highest BCUT2D eigenvalue weighted by molar-refractivity contribution is 7.13. The van der Waals surface area contributed by atoms with Gasteiger partial charge in [0, 0.05) is 10.9 Å². The molecule has 0 aliphatic heterocycles. The topological polar surface area (TPSA) is 39.2 Å². The minimum atomic E-state index is -4.35. The molecule has 0 amide bonds. The Labute approximate surface area is 123 Å². The van der Waals surface area contributed by atoms with E-state index in [0.29, 0.717) is 22.9 Å². The molecule has 2 rings (SSSR count). The van der Waals surface area contributed by atoms with E-state index in [4.69, 9.17) is 4.74 Å². The van der Waals surface area contributed by atoms with Crippen LogP contribution in [0.4, 0.5) is 13.2 Å². The van der Waals surface area contributed by atoms with Gasteiger partial charge in [0.15, 0.2) is 0 Å². The van der Waals surface area contributed by atoms with Crippen molar-refractivity contribution in [1.82, 2.24) is 4.98 Å². The van der Waals surface area contributed by atoms with E-state index in [2.05, 4.69) is 4.98 Å². The number of ether oxygens (including phenoxy) is 1. The van der Waals surface area contributed by atoms with E-state index in [9.17, 15) is 18.0 Å². The lowest BCUT2D eigenvalue weighted by Gasteiger charge is -2.06. The number of halogens is 3. The monoisotopic (exact) mass is 315 g/mol. The summed E-state index contributed by atoms with van der Waals surface area (Å²) in [5, 5.41) is 2.27. The maximum Gasteiger partial charge on any atom is 0.416 e. The fourth-order valence-electron chi connectivity index (χ4n) is 1.68. The van der Waals surface area contributed by atoms with Gasteiger partial charge in [0.1, 0.15) is 5.01 Å². The number of carbonyl (C=O) groups is 1. The van der Waals surface area contributed by atoms with Gasteiger partial charge in [-0.05, 0) is 19.1 Å². The van der Waals surface area contributed by atoms with E-state index in [1.54, 1.807) is 12.3 Å². The van der Waals surface area contributed by atoms with Gasteiger partial charge in [-0.1, -0.05) is 12.1 Å². The third-order valence-electron chi connectivity index (χ3n) is 2.64. The summed E-state index contributed by atoms with van der Waals surface area (Å²) in [5.74, 6) is -0.373. The van der Waals surface area contributed by atoms with Crippen LogP contribution in [0.3, 0.4) is 0 Å². The molecule has 0 saturated heterocycles. The summed E-state index contributed by atoms with van der Waals surface area (Å²) in [7, 11) is 0. The molecule has 0 spiro atoms. The quantitative estimate of drug-likeness (QED) is 0.802. The van der Waals surface area contributed by atoms with Crippen molar-refractivity contribution in [3.63, 3.8) is 0 Å². The van der Waals surface area contributed by atoms with Gasteiger partial charge in [-0.2, -0.15) is 13.2 Å². The molecule has 0 aliphatic carbocycles. The molecular formula is C14H12F3NO2S. The first-order chi connectivity index (χ1) is 9.90. The lowest BCUT2D eigenvalue weighted by atomic mass is 10.1. The summed E-state index contributed by atoms with van der Waals surface area (Å²) in [5.41, 5.74) is 0.436. The third-order valence-corrected chi connectivity index (χ3v) is 3.58. The minimum Gasteiger partial charge on any atom is -0.466 e. The van der Waals surface area contributed by atoms with Crippen LogP contribution in [0, 0.1) is 0 Å². The molecule has 0 aliphatic rings. The standard InChI is InChI=1S/C14H12F3NO2S/c1-2-20-12(19)7-11-8-21-13(18-11)9-3-5-10(6-4-9)14(15,16)17/h3-6,8H,2,7H2,1H3. The zero-order valence-corrected chi connectivity index (χ0v) is 11.9. The molecule has 1 heterocycles. The summed E-state index contributed by atoms with van der Waals surface area (Å²) >= 11 is 1.28. The summed E-state index contributed by atoms with van der Waals surface area (Å²) in [4.78, 5) is 15.6. The summed E-state index contributed by atoms with van der Waals surface area (Å²) in [6, 6.07) is 4.77. The molecule has 0 fully saturated rings. The molecule has 0 saturated carbocycles. The van der Waals surface area contributed by atoms with Crippen molar-refractivity contribution in [3.8, 4) is 10.6 Å². The average molecular weight is 315 g/mol. The second-order valence-corrected chi connectivity index (χ2v) is 5.06. The van der Waals surface area contributed by atoms with Crippen molar-refractivity contribution in [2.45, 2.75) is 19.5 Å². The van der Waals surface area contributed by atoms with E-state index in [1.165, 1.54) is 23.5 Å². The highest BCUT2D eigenvalue weighted by Crippen LogP contribution is 2.31. The molecule has 0 atom stereocenters. The summed E-state index contributed by atoms with van der Waals surface area (Å²) in [6.07, 6.45) is -4.29. The number of benzene rings is 1. The van der Waals surface area contributed by atoms with Crippen molar-refractivity contribution >= 4 is 17.3 Å². The second kappa shape index (κ2) is 6.26. The highest BCUT2D eigenvalue weighted by Gasteiger charge is 2.30. The second-order valence-electron chi connectivity index (χ2n) is 4.20. The number of hydrogen-bond acceptors (Lipinski definition) is 4. The first-order valence-electron chi connectivity index (χ1n) is 6.18. The van der Waals surface area contributed by atoms with Crippen molar-refractivity contribution in [3.05, 3.63) is 40.9 Å². The van der Waals surface area contributed by atoms with Crippen LogP contribution < -0.4 is 0 Å². The Morgan fingerprint density at radius 1 is 1.29 bits per heavy atom. The normalized spacial score (nSPS) is 11.4. The molecule has 21 heavy (non-hydrogen) atoms. The highest BCUT2D eigenvalue weighted by atomic mass is 32.1. The first-order valence-corrected chi connectivity index (χ1v) is 7.05. The Hall–Kier alpha value is -1.89. The predicted octanol–water partition coefficient (Wildman–Crippen LogP) is 3.93. The number of nitrogens with zero attached hydrogens (tertiary/aromatic N) is 1. The van der Waals surface area contributed by atoms with Crippen LogP contribution in [-0.4, -0.2) is 17.6 Å². The summed E-state index contributed by atoms with van der Waals surface area (Å²) < 4.78 is 42.2. The maximum atomic E-state index is 12.5. The first kappa shape index (κ1) is 15.5. The van der Waals surface area contributed by atoms with Crippen molar-refractivity contribution in [2.24, 2.45) is 0 Å². The molecule has 0 unspecified atom stereocenters. The minimum absolute atomic E-state index is 0.0605. The number of thiazole rings is 1. The Morgan fingerprint density at radius 3 is 2.52 bits per heavy atom. The van der Waals surface area contributed by atoms with Gasteiger partial charge in [-0.25, -0.2) is 4.98 Å². The largest absolute Gasteiger partial charge is 0.466 e. The van der Waals surface area contributed by atoms with Crippen LogP contribution in [-0.2, 0) is 22.1 Å². The SMILES string of the molecule is CCOC(=O)Cc1csc(-c2ccc(C(F)(F)F)cc2)n1.